The van der Waals surface area contributed by atoms with E-state index in [1.54, 1.807) is 0 Å². The van der Waals surface area contributed by atoms with E-state index in [2.05, 4.69) is 28.5 Å². The van der Waals surface area contributed by atoms with Gasteiger partial charge in [0.2, 0.25) is 0 Å². The van der Waals surface area contributed by atoms with Crippen molar-refractivity contribution in [2.24, 2.45) is 0 Å². The number of H-pyrrole nitrogens is 1. The summed E-state index contributed by atoms with van der Waals surface area (Å²) in [6.07, 6.45) is 2.93. The molecule has 28 heavy (non-hydrogen) atoms. The van der Waals surface area contributed by atoms with E-state index in [9.17, 15) is 0 Å². The van der Waals surface area contributed by atoms with Crippen LogP contribution in [0.4, 0.5) is 0 Å². The van der Waals surface area contributed by atoms with Gasteiger partial charge in [0.15, 0.2) is 0 Å². The second-order valence-corrected chi connectivity index (χ2v) is 6.68. The Morgan fingerprint density at radius 2 is 1.79 bits per heavy atom. The maximum absolute atomic E-state index is 9.10. The van der Waals surface area contributed by atoms with Crippen LogP contribution in [0.2, 0.25) is 0 Å². The van der Waals surface area contributed by atoms with Crippen molar-refractivity contribution in [1.29, 1.82) is 5.26 Å². The Bertz CT molecular complexity index is 1110. The van der Waals surface area contributed by atoms with Gasteiger partial charge in [-0.2, -0.15) is 5.26 Å². The van der Waals surface area contributed by atoms with Crippen molar-refractivity contribution in [2.45, 2.75) is 13.0 Å². The molecule has 4 heteroatoms. The lowest BCUT2D eigenvalue weighted by molar-refractivity contribution is 0.481. The SMILES string of the molecule is N#Cc1ccc2[nH]cc(CCNCc3cccc(Oc4ccccc4)c3)c2c1. The third kappa shape index (κ3) is 4.22. The molecule has 0 spiro atoms. The molecule has 0 atom stereocenters. The molecule has 3 aromatic carbocycles. The van der Waals surface area contributed by atoms with E-state index in [-0.39, 0.29) is 0 Å². The number of ether oxygens (including phenoxy) is 1. The average molecular weight is 367 g/mol. The van der Waals surface area contributed by atoms with Crippen LogP contribution in [-0.4, -0.2) is 11.5 Å². The third-order valence-corrected chi connectivity index (χ3v) is 4.67. The molecular formula is C24H21N3O. The lowest BCUT2D eigenvalue weighted by Gasteiger charge is -2.09. The van der Waals surface area contributed by atoms with Gasteiger partial charge in [-0.1, -0.05) is 30.3 Å². The van der Waals surface area contributed by atoms with Crippen LogP contribution in [0.25, 0.3) is 10.9 Å². The van der Waals surface area contributed by atoms with Crippen LogP contribution in [0.3, 0.4) is 0 Å². The summed E-state index contributed by atoms with van der Waals surface area (Å²) < 4.78 is 5.90. The van der Waals surface area contributed by atoms with Gasteiger partial charge in [-0.05, 0) is 66.6 Å². The first-order valence-corrected chi connectivity index (χ1v) is 9.34. The number of para-hydroxylation sites is 1. The maximum Gasteiger partial charge on any atom is 0.127 e. The standard InChI is InChI=1S/C24H21N3O/c25-15-18-9-10-24-23(14-18)20(17-27-24)11-12-26-16-19-5-4-8-22(13-19)28-21-6-2-1-3-7-21/h1-10,13-14,17,26-27H,11-12,16H2. The summed E-state index contributed by atoms with van der Waals surface area (Å²) >= 11 is 0. The fourth-order valence-electron chi connectivity index (χ4n) is 3.25. The van der Waals surface area contributed by atoms with Crippen molar-refractivity contribution >= 4 is 10.9 Å². The molecule has 4 aromatic rings. The van der Waals surface area contributed by atoms with E-state index < -0.39 is 0 Å². The zero-order valence-corrected chi connectivity index (χ0v) is 15.5. The third-order valence-electron chi connectivity index (χ3n) is 4.67. The van der Waals surface area contributed by atoms with Crippen LogP contribution in [0.15, 0.2) is 79.0 Å². The number of rotatable bonds is 7. The van der Waals surface area contributed by atoms with Crippen LogP contribution in [0, 0.1) is 11.3 Å². The first kappa shape index (κ1) is 17.8. The Balaban J connectivity index is 1.33. The summed E-state index contributed by atoms with van der Waals surface area (Å²) in [5, 5.41) is 13.7. The van der Waals surface area contributed by atoms with Gasteiger partial charge < -0.3 is 15.0 Å². The van der Waals surface area contributed by atoms with E-state index in [4.69, 9.17) is 10.00 Å². The van der Waals surface area contributed by atoms with Crippen molar-refractivity contribution in [3.8, 4) is 17.6 Å². The lowest BCUT2D eigenvalue weighted by Crippen LogP contribution is -2.16. The second-order valence-electron chi connectivity index (χ2n) is 6.68. The number of aromatic amines is 1. The minimum atomic E-state index is 0.691. The summed E-state index contributed by atoms with van der Waals surface area (Å²) in [7, 11) is 0. The van der Waals surface area contributed by atoms with Crippen molar-refractivity contribution in [3.05, 3.63) is 95.7 Å². The quantitative estimate of drug-likeness (QED) is 0.443. The minimum absolute atomic E-state index is 0.691. The summed E-state index contributed by atoms with van der Waals surface area (Å²) in [6, 6.07) is 25.9. The van der Waals surface area contributed by atoms with Crippen molar-refractivity contribution < 1.29 is 4.74 Å². The molecule has 0 aliphatic rings. The van der Waals surface area contributed by atoms with Gasteiger partial charge in [0.1, 0.15) is 11.5 Å². The zero-order valence-electron chi connectivity index (χ0n) is 15.5. The Morgan fingerprint density at radius 1 is 0.929 bits per heavy atom. The number of nitrogens with zero attached hydrogens (tertiary/aromatic N) is 1. The first-order valence-electron chi connectivity index (χ1n) is 9.34. The van der Waals surface area contributed by atoms with E-state index in [0.717, 1.165) is 41.9 Å². The zero-order chi connectivity index (χ0) is 19.2. The first-order chi connectivity index (χ1) is 13.8. The van der Waals surface area contributed by atoms with Crippen molar-refractivity contribution in [2.75, 3.05) is 6.54 Å². The fraction of sp³-hybridized carbons (Fsp3) is 0.125. The second kappa shape index (κ2) is 8.43. The monoisotopic (exact) mass is 367 g/mol. The summed E-state index contributed by atoms with van der Waals surface area (Å²) in [4.78, 5) is 3.27. The van der Waals surface area contributed by atoms with E-state index in [1.807, 2.05) is 66.9 Å². The number of hydrogen-bond donors (Lipinski definition) is 2. The highest BCUT2D eigenvalue weighted by atomic mass is 16.5. The number of aromatic nitrogens is 1. The van der Waals surface area contributed by atoms with Gasteiger partial charge >= 0.3 is 0 Å². The molecular weight excluding hydrogens is 346 g/mol. The number of benzene rings is 3. The van der Waals surface area contributed by atoms with E-state index in [0.29, 0.717) is 5.56 Å². The predicted octanol–water partition coefficient (Wildman–Crippen LogP) is 5.16. The number of fused-ring (bicyclic) bond motifs is 1. The Labute approximate surface area is 164 Å². The minimum Gasteiger partial charge on any atom is -0.457 e. The number of hydrogen-bond acceptors (Lipinski definition) is 3. The smallest absolute Gasteiger partial charge is 0.127 e. The lowest BCUT2D eigenvalue weighted by atomic mass is 10.1. The van der Waals surface area contributed by atoms with E-state index in [1.165, 1.54) is 11.1 Å². The van der Waals surface area contributed by atoms with E-state index >= 15 is 0 Å². The number of nitriles is 1. The van der Waals surface area contributed by atoms with Crippen LogP contribution < -0.4 is 10.1 Å². The molecule has 0 aliphatic carbocycles. The highest BCUT2D eigenvalue weighted by molar-refractivity contribution is 5.84. The van der Waals surface area contributed by atoms with Gasteiger partial charge in [-0.3, -0.25) is 0 Å². The normalized spacial score (nSPS) is 10.7. The summed E-state index contributed by atoms with van der Waals surface area (Å²) in [5.41, 5.74) is 4.16. The van der Waals surface area contributed by atoms with Crippen molar-refractivity contribution in [1.82, 2.24) is 10.3 Å². The molecule has 4 rings (SSSR count). The molecule has 0 saturated carbocycles. The predicted molar refractivity (Wildman–Crippen MR) is 111 cm³/mol. The fourth-order valence-corrected chi connectivity index (χ4v) is 3.25. The Kier molecular flexibility index (Phi) is 5.37. The Morgan fingerprint density at radius 3 is 2.64 bits per heavy atom. The van der Waals surface area contributed by atoms with Gasteiger partial charge in [-0.15, -0.1) is 0 Å². The molecule has 0 amide bonds. The molecule has 2 N–H and O–H groups in total. The van der Waals surface area contributed by atoms with Crippen LogP contribution in [0.5, 0.6) is 11.5 Å². The Hall–Kier alpha value is -3.55. The van der Waals surface area contributed by atoms with Gasteiger partial charge in [-0.25, -0.2) is 0 Å². The van der Waals surface area contributed by atoms with Gasteiger partial charge in [0, 0.05) is 23.6 Å². The molecule has 1 aromatic heterocycles. The molecule has 1 heterocycles. The molecule has 138 valence electrons. The molecule has 0 bridgehead atoms. The summed E-state index contributed by atoms with van der Waals surface area (Å²) in [6.45, 7) is 1.63. The van der Waals surface area contributed by atoms with Crippen LogP contribution in [-0.2, 0) is 13.0 Å². The largest absolute Gasteiger partial charge is 0.457 e. The molecule has 0 saturated heterocycles. The summed E-state index contributed by atoms with van der Waals surface area (Å²) in [5.74, 6) is 1.68. The molecule has 0 unspecified atom stereocenters. The van der Waals surface area contributed by atoms with Crippen LogP contribution >= 0.6 is 0 Å². The van der Waals surface area contributed by atoms with Gasteiger partial charge in [0.25, 0.3) is 0 Å². The highest BCUT2D eigenvalue weighted by Gasteiger charge is 2.05. The molecule has 0 radical (unpaired) electrons. The molecule has 0 aliphatic heterocycles. The highest BCUT2D eigenvalue weighted by Crippen LogP contribution is 2.22. The maximum atomic E-state index is 9.10. The van der Waals surface area contributed by atoms with Crippen LogP contribution in [0.1, 0.15) is 16.7 Å². The number of nitrogens with one attached hydrogen (secondary N) is 2. The molecule has 0 fully saturated rings. The van der Waals surface area contributed by atoms with Gasteiger partial charge in [0.05, 0.1) is 11.6 Å². The topological polar surface area (TPSA) is 60.8 Å². The average Bonchev–Trinajstić information content (AvgIpc) is 3.14. The van der Waals surface area contributed by atoms with Crippen molar-refractivity contribution in [3.63, 3.8) is 0 Å². The molecule has 4 nitrogen and oxygen atoms in total.